The Morgan fingerprint density at radius 1 is 1.38 bits per heavy atom. The number of pyridine rings is 1. The van der Waals surface area contributed by atoms with Gasteiger partial charge in [0, 0.05) is 24.5 Å². The van der Waals surface area contributed by atoms with E-state index in [4.69, 9.17) is 4.52 Å². The van der Waals surface area contributed by atoms with Gasteiger partial charge in [-0.2, -0.15) is 4.98 Å². The zero-order valence-electron chi connectivity index (χ0n) is 14.3. The van der Waals surface area contributed by atoms with Gasteiger partial charge in [0.2, 0.25) is 11.7 Å². The summed E-state index contributed by atoms with van der Waals surface area (Å²) in [5.41, 5.74) is 1.61. The third-order valence-electron chi connectivity index (χ3n) is 4.42. The van der Waals surface area contributed by atoms with E-state index in [9.17, 15) is 4.79 Å². The standard InChI is InChI=1S/C17H18N6O2S/c1-2-4-12-14(26-22-20-12)17(24)23-10-3-5-13(23)16-19-15(21-25-16)11-6-8-18-9-7-11/h6-9,13H,2-5,10H2,1H3/t13-/m0/s1. The van der Waals surface area contributed by atoms with Gasteiger partial charge in [-0.1, -0.05) is 23.0 Å². The molecule has 1 amide bonds. The van der Waals surface area contributed by atoms with Crippen LogP contribution in [0.3, 0.4) is 0 Å². The first-order chi connectivity index (χ1) is 12.8. The molecule has 0 radical (unpaired) electrons. The fourth-order valence-electron chi connectivity index (χ4n) is 3.16. The highest BCUT2D eigenvalue weighted by Crippen LogP contribution is 2.34. The first-order valence-electron chi connectivity index (χ1n) is 8.64. The van der Waals surface area contributed by atoms with Crippen molar-refractivity contribution in [2.75, 3.05) is 6.54 Å². The summed E-state index contributed by atoms with van der Waals surface area (Å²) in [6.45, 7) is 2.73. The maximum absolute atomic E-state index is 13.0. The molecule has 4 rings (SSSR count). The first kappa shape index (κ1) is 16.8. The van der Waals surface area contributed by atoms with Crippen molar-refractivity contribution >= 4 is 17.4 Å². The Kier molecular flexibility index (Phi) is 4.70. The topological polar surface area (TPSA) is 97.9 Å². The average molecular weight is 370 g/mol. The largest absolute Gasteiger partial charge is 0.337 e. The molecule has 9 heteroatoms. The molecule has 0 unspecified atom stereocenters. The van der Waals surface area contributed by atoms with E-state index >= 15 is 0 Å². The van der Waals surface area contributed by atoms with E-state index in [0.29, 0.717) is 23.1 Å². The molecule has 1 saturated heterocycles. The molecule has 1 aliphatic rings. The van der Waals surface area contributed by atoms with Crippen molar-refractivity contribution in [3.63, 3.8) is 0 Å². The lowest BCUT2D eigenvalue weighted by molar-refractivity contribution is 0.0713. The molecule has 0 bridgehead atoms. The van der Waals surface area contributed by atoms with Gasteiger partial charge in [0.25, 0.3) is 5.91 Å². The van der Waals surface area contributed by atoms with Gasteiger partial charge in [0.15, 0.2) is 0 Å². The monoisotopic (exact) mass is 370 g/mol. The first-order valence-corrected chi connectivity index (χ1v) is 9.41. The number of amides is 1. The van der Waals surface area contributed by atoms with Crippen LogP contribution in [0.1, 0.15) is 53.5 Å². The highest BCUT2D eigenvalue weighted by Gasteiger charge is 2.36. The summed E-state index contributed by atoms with van der Waals surface area (Å²) in [5.74, 6) is 0.930. The predicted octanol–water partition coefficient (Wildman–Crippen LogP) is 2.91. The number of carbonyl (C=O) groups is 1. The maximum Gasteiger partial charge on any atom is 0.268 e. The summed E-state index contributed by atoms with van der Waals surface area (Å²) < 4.78 is 9.44. The Bertz CT molecular complexity index is 894. The molecule has 26 heavy (non-hydrogen) atoms. The van der Waals surface area contributed by atoms with Crippen LogP contribution in [-0.2, 0) is 6.42 Å². The molecule has 1 aliphatic heterocycles. The molecule has 0 aromatic carbocycles. The van der Waals surface area contributed by atoms with Crippen LogP contribution in [0, 0.1) is 0 Å². The highest BCUT2D eigenvalue weighted by molar-refractivity contribution is 7.08. The van der Waals surface area contributed by atoms with E-state index in [1.807, 2.05) is 12.1 Å². The Hall–Kier alpha value is -2.68. The van der Waals surface area contributed by atoms with E-state index in [0.717, 1.165) is 48.5 Å². The number of hydrogen-bond donors (Lipinski definition) is 0. The van der Waals surface area contributed by atoms with Crippen molar-refractivity contribution in [3.8, 4) is 11.4 Å². The fraction of sp³-hybridized carbons (Fsp3) is 0.412. The van der Waals surface area contributed by atoms with Crippen LogP contribution in [0.2, 0.25) is 0 Å². The zero-order valence-corrected chi connectivity index (χ0v) is 15.1. The van der Waals surface area contributed by atoms with Crippen LogP contribution in [-0.4, -0.2) is 42.1 Å². The van der Waals surface area contributed by atoms with Crippen LogP contribution in [0.5, 0.6) is 0 Å². The second-order valence-electron chi connectivity index (χ2n) is 6.15. The Morgan fingerprint density at radius 3 is 3.04 bits per heavy atom. The third-order valence-corrected chi connectivity index (χ3v) is 5.17. The van der Waals surface area contributed by atoms with Crippen LogP contribution < -0.4 is 0 Å². The van der Waals surface area contributed by atoms with Crippen molar-refractivity contribution in [1.82, 2.24) is 29.6 Å². The van der Waals surface area contributed by atoms with Gasteiger partial charge in [0.1, 0.15) is 10.9 Å². The van der Waals surface area contributed by atoms with E-state index in [1.54, 1.807) is 17.3 Å². The lowest BCUT2D eigenvalue weighted by Crippen LogP contribution is -2.30. The maximum atomic E-state index is 13.0. The molecule has 1 fully saturated rings. The molecule has 4 heterocycles. The molecule has 1 atom stereocenters. The van der Waals surface area contributed by atoms with Crippen molar-refractivity contribution < 1.29 is 9.32 Å². The molecule has 3 aromatic heterocycles. The lowest BCUT2D eigenvalue weighted by atomic mass is 10.2. The fourth-order valence-corrected chi connectivity index (χ4v) is 3.82. The normalized spacial score (nSPS) is 17.0. The van der Waals surface area contributed by atoms with Crippen molar-refractivity contribution in [2.45, 2.75) is 38.6 Å². The quantitative estimate of drug-likeness (QED) is 0.681. The van der Waals surface area contributed by atoms with Crippen molar-refractivity contribution in [2.24, 2.45) is 0 Å². The Labute approximate surface area is 154 Å². The van der Waals surface area contributed by atoms with Gasteiger partial charge in [-0.15, -0.1) is 5.10 Å². The molecule has 0 saturated carbocycles. The van der Waals surface area contributed by atoms with E-state index < -0.39 is 0 Å². The summed E-state index contributed by atoms with van der Waals surface area (Å²) in [7, 11) is 0. The minimum Gasteiger partial charge on any atom is -0.337 e. The molecule has 0 aliphatic carbocycles. The number of likely N-dealkylation sites (tertiary alicyclic amines) is 1. The summed E-state index contributed by atoms with van der Waals surface area (Å²) in [6.07, 6.45) is 6.75. The number of hydrogen-bond acceptors (Lipinski definition) is 8. The van der Waals surface area contributed by atoms with Gasteiger partial charge >= 0.3 is 0 Å². The number of nitrogens with zero attached hydrogens (tertiary/aromatic N) is 6. The second kappa shape index (κ2) is 7.28. The number of rotatable bonds is 5. The Balaban J connectivity index is 1.58. The molecular formula is C17H18N6O2S. The van der Waals surface area contributed by atoms with E-state index in [2.05, 4.69) is 31.6 Å². The van der Waals surface area contributed by atoms with Crippen LogP contribution >= 0.6 is 11.5 Å². The van der Waals surface area contributed by atoms with Gasteiger partial charge in [-0.3, -0.25) is 9.78 Å². The Morgan fingerprint density at radius 2 is 2.23 bits per heavy atom. The zero-order chi connectivity index (χ0) is 17.9. The van der Waals surface area contributed by atoms with E-state index in [-0.39, 0.29) is 11.9 Å². The van der Waals surface area contributed by atoms with Gasteiger partial charge in [-0.25, -0.2) is 0 Å². The minimum atomic E-state index is -0.206. The molecule has 0 N–H and O–H groups in total. The SMILES string of the molecule is CCCc1nnsc1C(=O)N1CCC[C@H]1c1nc(-c2ccncc2)no1. The van der Waals surface area contributed by atoms with Gasteiger partial charge in [-0.05, 0) is 42.9 Å². The summed E-state index contributed by atoms with van der Waals surface area (Å²) in [5, 5.41) is 8.16. The number of carbonyl (C=O) groups excluding carboxylic acids is 1. The molecule has 8 nitrogen and oxygen atoms in total. The molecule has 3 aromatic rings. The van der Waals surface area contributed by atoms with Crippen LogP contribution in [0.15, 0.2) is 29.0 Å². The summed E-state index contributed by atoms with van der Waals surface area (Å²) >= 11 is 1.16. The lowest BCUT2D eigenvalue weighted by Gasteiger charge is -2.21. The third kappa shape index (κ3) is 3.10. The summed E-state index contributed by atoms with van der Waals surface area (Å²) in [6, 6.07) is 3.44. The van der Waals surface area contributed by atoms with Crippen molar-refractivity contribution in [3.05, 3.63) is 41.0 Å². The molecular weight excluding hydrogens is 352 g/mol. The minimum absolute atomic E-state index is 0.0467. The van der Waals surface area contributed by atoms with Gasteiger partial charge in [0.05, 0.1) is 5.69 Å². The molecule has 134 valence electrons. The van der Waals surface area contributed by atoms with Gasteiger partial charge < -0.3 is 9.42 Å². The van der Waals surface area contributed by atoms with E-state index in [1.165, 1.54) is 0 Å². The van der Waals surface area contributed by atoms with Crippen LogP contribution in [0.25, 0.3) is 11.4 Å². The van der Waals surface area contributed by atoms with Crippen LogP contribution in [0.4, 0.5) is 0 Å². The average Bonchev–Trinajstić information content (AvgIpc) is 3.42. The highest BCUT2D eigenvalue weighted by atomic mass is 32.1. The summed E-state index contributed by atoms with van der Waals surface area (Å²) in [4.78, 5) is 23.9. The number of aryl methyl sites for hydroxylation is 1. The van der Waals surface area contributed by atoms with Crippen molar-refractivity contribution in [1.29, 1.82) is 0 Å². The second-order valence-corrected chi connectivity index (χ2v) is 6.90. The smallest absolute Gasteiger partial charge is 0.268 e. The predicted molar refractivity (Wildman–Crippen MR) is 94.4 cm³/mol. The number of aromatic nitrogens is 5. The molecule has 0 spiro atoms.